The van der Waals surface area contributed by atoms with E-state index in [1.54, 1.807) is 13.0 Å². The molecule has 0 saturated heterocycles. The summed E-state index contributed by atoms with van der Waals surface area (Å²) >= 11 is 11.8. The van der Waals surface area contributed by atoms with E-state index in [9.17, 15) is 9.59 Å². The number of nitrogens with one attached hydrogen (secondary N) is 1. The van der Waals surface area contributed by atoms with Crippen LogP contribution in [-0.2, 0) is 16.1 Å². The molecule has 0 spiro atoms. The maximum absolute atomic E-state index is 12.6. The molecule has 174 valence electrons. The van der Waals surface area contributed by atoms with Crippen LogP contribution in [0.25, 0.3) is 0 Å². The first-order chi connectivity index (χ1) is 15.7. The van der Waals surface area contributed by atoms with Crippen molar-refractivity contribution < 1.29 is 28.3 Å². The summed E-state index contributed by atoms with van der Waals surface area (Å²) in [6.45, 7) is 5.26. The predicted octanol–water partition coefficient (Wildman–Crippen LogP) is 4.76. The Morgan fingerprint density at radius 3 is 2.58 bits per heavy atom. The summed E-state index contributed by atoms with van der Waals surface area (Å²) < 4.78 is 21.5. The Bertz CT molecular complexity index is 1160. The number of hydrogen-bond acceptors (Lipinski definition) is 8. The van der Waals surface area contributed by atoms with E-state index in [0.717, 1.165) is 11.3 Å². The molecule has 3 aromatic rings. The van der Waals surface area contributed by atoms with Crippen LogP contribution in [0.15, 0.2) is 35.0 Å². The molecule has 0 radical (unpaired) electrons. The average Bonchev–Trinajstić information content (AvgIpc) is 3.11. The minimum Gasteiger partial charge on any atom is -0.493 e. The number of carbonyl (C=O) groups excluding carboxylic acids is 2. The van der Waals surface area contributed by atoms with Crippen molar-refractivity contribution in [2.75, 3.05) is 12.4 Å². The number of halogens is 2. The lowest BCUT2D eigenvalue weighted by atomic mass is 10.2. The highest BCUT2D eigenvalue weighted by Gasteiger charge is 2.22. The first-order valence-corrected chi connectivity index (χ1v) is 10.5. The normalized spacial score (nSPS) is 11.6. The molecule has 0 aliphatic heterocycles. The number of ether oxygens (including phenoxy) is 3. The van der Waals surface area contributed by atoms with Gasteiger partial charge in [-0.2, -0.15) is 0 Å². The second kappa shape index (κ2) is 10.5. The number of esters is 1. The molecule has 0 aliphatic rings. The third-order valence-corrected chi connectivity index (χ3v) is 5.15. The number of nitrogens with zero attached hydrogens (tertiary/aromatic N) is 2. The van der Waals surface area contributed by atoms with Crippen LogP contribution in [-0.4, -0.2) is 35.2 Å². The third-order valence-electron chi connectivity index (χ3n) is 4.66. The number of methoxy groups -OCH3 is 1. The molecule has 0 unspecified atom stereocenters. The fourth-order valence-electron chi connectivity index (χ4n) is 2.78. The number of amides is 1. The van der Waals surface area contributed by atoms with Crippen LogP contribution < -0.4 is 14.8 Å². The second-order valence-corrected chi connectivity index (χ2v) is 7.82. The highest BCUT2D eigenvalue weighted by molar-refractivity contribution is 6.36. The SMILES string of the molecule is COc1cc(C(=O)O[C@H](C)C(=O)Nc2ncc(Cl)cc2Cl)ccc1OCc1c(C)noc1C. The van der Waals surface area contributed by atoms with E-state index < -0.39 is 18.0 Å². The van der Waals surface area contributed by atoms with E-state index in [1.807, 2.05) is 6.92 Å². The maximum atomic E-state index is 12.6. The van der Waals surface area contributed by atoms with Crippen LogP contribution in [0.5, 0.6) is 11.5 Å². The van der Waals surface area contributed by atoms with Gasteiger partial charge < -0.3 is 24.1 Å². The number of carbonyl (C=O) groups is 2. The molecule has 1 aromatic carbocycles. The zero-order chi connectivity index (χ0) is 24.1. The van der Waals surface area contributed by atoms with Gasteiger partial charge in [0.15, 0.2) is 23.4 Å². The van der Waals surface area contributed by atoms with Crippen LogP contribution in [0.3, 0.4) is 0 Å². The first kappa shape index (κ1) is 24.3. The standard InChI is InChI=1S/C22H21Cl2N3O6/c1-11-16(12(2)33-27-11)10-31-18-6-5-14(7-19(18)30-4)22(29)32-13(3)21(28)26-20-17(24)8-15(23)9-25-20/h5-9,13H,10H2,1-4H3,(H,25,26,28)/t13-/m1/s1. The summed E-state index contributed by atoms with van der Waals surface area (Å²) in [7, 11) is 1.45. The van der Waals surface area contributed by atoms with Gasteiger partial charge in [-0.15, -0.1) is 0 Å². The molecule has 1 atom stereocenters. The largest absolute Gasteiger partial charge is 0.493 e. The number of rotatable bonds is 8. The number of pyridine rings is 1. The highest BCUT2D eigenvalue weighted by Crippen LogP contribution is 2.30. The van der Waals surface area contributed by atoms with Crippen molar-refractivity contribution in [1.82, 2.24) is 10.1 Å². The van der Waals surface area contributed by atoms with Crippen molar-refractivity contribution in [3.05, 3.63) is 63.1 Å². The lowest BCUT2D eigenvalue weighted by Crippen LogP contribution is -2.30. The topological polar surface area (TPSA) is 113 Å². The summed E-state index contributed by atoms with van der Waals surface area (Å²) in [5.41, 5.74) is 1.74. The van der Waals surface area contributed by atoms with Crippen molar-refractivity contribution in [1.29, 1.82) is 0 Å². The van der Waals surface area contributed by atoms with Crippen molar-refractivity contribution in [3.63, 3.8) is 0 Å². The number of aryl methyl sites for hydroxylation is 2. The zero-order valence-corrected chi connectivity index (χ0v) is 19.8. The van der Waals surface area contributed by atoms with Crippen LogP contribution in [0.2, 0.25) is 10.0 Å². The van der Waals surface area contributed by atoms with Gasteiger partial charge in [-0.3, -0.25) is 4.79 Å². The van der Waals surface area contributed by atoms with Crippen molar-refractivity contribution >= 4 is 40.9 Å². The molecule has 2 heterocycles. The molecular formula is C22H21Cl2N3O6. The molecule has 0 bridgehead atoms. The Kier molecular flexibility index (Phi) is 7.78. The number of aromatic nitrogens is 2. The lowest BCUT2D eigenvalue weighted by molar-refractivity contribution is -0.123. The minimum absolute atomic E-state index is 0.107. The molecule has 33 heavy (non-hydrogen) atoms. The monoisotopic (exact) mass is 493 g/mol. The van der Waals surface area contributed by atoms with Gasteiger partial charge in [-0.25, -0.2) is 9.78 Å². The molecule has 0 fully saturated rings. The van der Waals surface area contributed by atoms with Crippen molar-refractivity contribution in [2.45, 2.75) is 33.5 Å². The van der Waals surface area contributed by atoms with Gasteiger partial charge in [-0.05, 0) is 45.0 Å². The van der Waals surface area contributed by atoms with Crippen LogP contribution in [0, 0.1) is 13.8 Å². The predicted molar refractivity (Wildman–Crippen MR) is 121 cm³/mol. The second-order valence-electron chi connectivity index (χ2n) is 6.98. The fraction of sp³-hybridized carbons (Fsp3) is 0.273. The molecule has 0 saturated carbocycles. The van der Waals surface area contributed by atoms with Crippen molar-refractivity contribution in [2.24, 2.45) is 0 Å². The van der Waals surface area contributed by atoms with Gasteiger partial charge >= 0.3 is 5.97 Å². The Balaban J connectivity index is 1.64. The quantitative estimate of drug-likeness (QED) is 0.446. The Hall–Kier alpha value is -3.30. The number of benzene rings is 1. The minimum atomic E-state index is -1.12. The van der Waals surface area contributed by atoms with E-state index in [0.29, 0.717) is 22.3 Å². The maximum Gasteiger partial charge on any atom is 0.339 e. The first-order valence-electron chi connectivity index (χ1n) is 9.75. The molecule has 3 rings (SSSR count). The Morgan fingerprint density at radius 1 is 1.18 bits per heavy atom. The van der Waals surface area contributed by atoms with E-state index >= 15 is 0 Å². The molecule has 1 amide bonds. The summed E-state index contributed by atoms with van der Waals surface area (Å²) in [5, 5.41) is 6.86. The Labute approximate surface area is 199 Å². The van der Waals surface area contributed by atoms with Crippen LogP contribution in [0.1, 0.15) is 34.3 Å². The van der Waals surface area contributed by atoms with Gasteiger partial charge in [0.25, 0.3) is 5.91 Å². The lowest BCUT2D eigenvalue weighted by Gasteiger charge is -2.15. The smallest absolute Gasteiger partial charge is 0.339 e. The fourth-order valence-corrected chi connectivity index (χ4v) is 3.21. The summed E-state index contributed by atoms with van der Waals surface area (Å²) in [4.78, 5) is 28.9. The molecule has 9 nitrogen and oxygen atoms in total. The van der Waals surface area contributed by atoms with Crippen LogP contribution >= 0.6 is 23.2 Å². The van der Waals surface area contributed by atoms with Gasteiger partial charge in [0.1, 0.15) is 12.4 Å². The van der Waals surface area contributed by atoms with Crippen molar-refractivity contribution in [3.8, 4) is 11.5 Å². The van der Waals surface area contributed by atoms with Gasteiger partial charge in [0.05, 0.1) is 34.0 Å². The highest BCUT2D eigenvalue weighted by atomic mass is 35.5. The third kappa shape index (κ3) is 5.94. The van der Waals surface area contributed by atoms with Crippen LogP contribution in [0.4, 0.5) is 5.82 Å². The van der Waals surface area contributed by atoms with E-state index in [-0.39, 0.29) is 23.0 Å². The molecule has 11 heteroatoms. The zero-order valence-electron chi connectivity index (χ0n) is 18.3. The van der Waals surface area contributed by atoms with E-state index in [1.165, 1.54) is 38.4 Å². The van der Waals surface area contributed by atoms with E-state index in [2.05, 4.69) is 15.5 Å². The number of anilines is 1. The van der Waals surface area contributed by atoms with Gasteiger partial charge in [0, 0.05) is 6.20 Å². The summed E-state index contributed by atoms with van der Waals surface area (Å²) in [6, 6.07) is 5.99. The van der Waals surface area contributed by atoms with Gasteiger partial charge in [0.2, 0.25) is 0 Å². The van der Waals surface area contributed by atoms with E-state index in [4.69, 9.17) is 41.9 Å². The van der Waals surface area contributed by atoms with Gasteiger partial charge in [-0.1, -0.05) is 28.4 Å². The molecule has 1 N–H and O–H groups in total. The Morgan fingerprint density at radius 2 is 1.94 bits per heavy atom. The average molecular weight is 494 g/mol. The number of hydrogen-bond donors (Lipinski definition) is 1. The summed E-state index contributed by atoms with van der Waals surface area (Å²) in [5.74, 6) is 0.188. The molecular weight excluding hydrogens is 473 g/mol. The molecule has 0 aliphatic carbocycles. The summed E-state index contributed by atoms with van der Waals surface area (Å²) in [6.07, 6.45) is 0.217. The molecule has 2 aromatic heterocycles.